The number of hydrogen-bond donors (Lipinski definition) is 3. The normalized spacial score (nSPS) is 21.3. The van der Waals surface area contributed by atoms with E-state index in [1.54, 1.807) is 19.1 Å². The number of halogens is 6. The van der Waals surface area contributed by atoms with Gasteiger partial charge in [0.05, 0.1) is 41.4 Å². The van der Waals surface area contributed by atoms with Crippen LogP contribution in [0.3, 0.4) is 0 Å². The van der Waals surface area contributed by atoms with Gasteiger partial charge in [-0.15, -0.1) is 0 Å². The average Bonchev–Trinajstić information content (AvgIpc) is 3.27. The lowest BCUT2D eigenvalue weighted by Crippen LogP contribution is -2.38. The van der Waals surface area contributed by atoms with E-state index in [-0.39, 0.29) is 24.7 Å². The number of imide groups is 1. The maximum atomic E-state index is 13.7. The van der Waals surface area contributed by atoms with Gasteiger partial charge >= 0.3 is 12.4 Å². The molecule has 1 aliphatic carbocycles. The summed E-state index contributed by atoms with van der Waals surface area (Å²) in [7, 11) is 0. The number of aliphatic hydroxyl groups excluding tert-OH is 2. The van der Waals surface area contributed by atoms with E-state index in [1.807, 2.05) is 37.3 Å². The minimum atomic E-state index is -5.18. The molecule has 3 aromatic rings. The first-order valence-electron chi connectivity index (χ1n) is 15.6. The molecule has 0 aromatic heterocycles. The molecule has 256 valence electrons. The Labute approximate surface area is 273 Å². The van der Waals surface area contributed by atoms with Crippen molar-refractivity contribution < 1.29 is 51.3 Å². The molecular weight excluding hydrogens is 640 g/mol. The number of allylic oxidation sites excluding steroid dienone is 2. The highest BCUT2D eigenvalue weighted by Crippen LogP contribution is 2.48. The van der Waals surface area contributed by atoms with Gasteiger partial charge in [-0.05, 0) is 73.4 Å². The van der Waals surface area contributed by atoms with E-state index in [9.17, 15) is 51.3 Å². The van der Waals surface area contributed by atoms with E-state index in [4.69, 9.17) is 0 Å². The van der Waals surface area contributed by atoms with Crippen LogP contribution in [0.15, 0.2) is 71.3 Å². The number of hydrogen-bond acceptors (Lipinski definition) is 5. The van der Waals surface area contributed by atoms with Crippen LogP contribution in [-0.4, -0.2) is 39.8 Å². The molecule has 5 rings (SSSR count). The summed E-state index contributed by atoms with van der Waals surface area (Å²) < 4.78 is 81.4. The van der Waals surface area contributed by atoms with Crippen molar-refractivity contribution >= 4 is 34.4 Å². The fourth-order valence-corrected chi connectivity index (χ4v) is 7.16. The van der Waals surface area contributed by atoms with Gasteiger partial charge in [0, 0.05) is 11.3 Å². The molecule has 2 amide bonds. The molecule has 3 N–H and O–H groups in total. The molecule has 1 fully saturated rings. The van der Waals surface area contributed by atoms with Crippen LogP contribution in [0, 0.1) is 17.8 Å². The SMILES string of the molecule is CCC/C(=C\c1ccc(O)c2ccccc12)CC[C@@H](O)C1=C(C)C[C@H]2C(=O)N(c3cc(C(F)(F)F)cc(C(F)(F)F)c3)C(=O)[C@H]2[C@H]1CO. The summed E-state index contributed by atoms with van der Waals surface area (Å²) in [6, 6.07) is 11.4. The Morgan fingerprint density at radius 1 is 0.938 bits per heavy atom. The van der Waals surface area contributed by atoms with Crippen molar-refractivity contribution in [2.45, 2.75) is 64.4 Å². The quantitative estimate of drug-likeness (QED) is 0.121. The maximum Gasteiger partial charge on any atom is 0.416 e. The van der Waals surface area contributed by atoms with Crippen LogP contribution in [0.5, 0.6) is 5.75 Å². The van der Waals surface area contributed by atoms with Gasteiger partial charge in [0.25, 0.3) is 0 Å². The third-order valence-corrected chi connectivity index (χ3v) is 9.32. The molecule has 0 unspecified atom stereocenters. The van der Waals surface area contributed by atoms with Crippen molar-refractivity contribution in [3.63, 3.8) is 0 Å². The van der Waals surface area contributed by atoms with Gasteiger partial charge in [0.1, 0.15) is 5.75 Å². The minimum Gasteiger partial charge on any atom is -0.507 e. The molecule has 1 aliphatic heterocycles. The number of phenols is 1. The molecule has 1 heterocycles. The Balaban J connectivity index is 1.42. The number of phenolic OH excluding ortho intramolecular Hbond substituents is 1. The zero-order valence-electron chi connectivity index (χ0n) is 26.2. The summed E-state index contributed by atoms with van der Waals surface area (Å²) >= 11 is 0. The van der Waals surface area contributed by atoms with Crippen LogP contribution in [-0.2, 0) is 21.9 Å². The number of alkyl halides is 6. The Morgan fingerprint density at radius 3 is 2.15 bits per heavy atom. The predicted molar refractivity (Wildman–Crippen MR) is 168 cm³/mol. The van der Waals surface area contributed by atoms with Crippen LogP contribution in [0.2, 0.25) is 0 Å². The highest BCUT2D eigenvalue weighted by molar-refractivity contribution is 6.22. The van der Waals surface area contributed by atoms with Crippen molar-refractivity contribution in [3.8, 4) is 5.75 Å². The molecule has 6 nitrogen and oxygen atoms in total. The minimum absolute atomic E-state index is 0.0587. The fraction of sp³-hybridized carbons (Fsp3) is 0.389. The van der Waals surface area contributed by atoms with Gasteiger partial charge in [-0.3, -0.25) is 9.59 Å². The molecule has 0 saturated carbocycles. The highest BCUT2D eigenvalue weighted by atomic mass is 19.4. The smallest absolute Gasteiger partial charge is 0.416 e. The summed E-state index contributed by atoms with van der Waals surface area (Å²) in [5.41, 5.74) is -1.43. The van der Waals surface area contributed by atoms with Crippen LogP contribution >= 0.6 is 0 Å². The first-order chi connectivity index (χ1) is 22.6. The standard InChI is InChI=1S/C36H35F6NO5/c1-3-6-20(14-21-10-12-29(45)26-8-5-4-7-25(21)26)9-11-30(46)31-19(2)13-27-32(28(31)18-44)34(48)43(33(27)47)24-16-22(35(37,38)39)15-23(17-24)36(40,41)42/h4-5,7-8,10,12,14-17,27-28,30,32,44-46H,3,6,9,11,13,18H2,1-2H3/b20-14+/t27-,28+,30-,32-/m1/s1. The number of nitrogens with zero attached hydrogens (tertiary/aromatic N) is 1. The first kappa shape index (κ1) is 35.2. The molecule has 1 saturated heterocycles. The third-order valence-electron chi connectivity index (χ3n) is 9.32. The average molecular weight is 676 g/mol. The van der Waals surface area contributed by atoms with Crippen molar-refractivity contribution in [2.24, 2.45) is 17.8 Å². The van der Waals surface area contributed by atoms with Crippen molar-refractivity contribution in [1.82, 2.24) is 0 Å². The number of rotatable bonds is 9. The molecule has 4 atom stereocenters. The predicted octanol–water partition coefficient (Wildman–Crippen LogP) is 8.04. The lowest BCUT2D eigenvalue weighted by Gasteiger charge is -2.35. The van der Waals surface area contributed by atoms with Crippen molar-refractivity contribution in [3.05, 3.63) is 88.0 Å². The summed E-state index contributed by atoms with van der Waals surface area (Å²) in [4.78, 5) is 27.5. The fourth-order valence-electron chi connectivity index (χ4n) is 7.16. The van der Waals surface area contributed by atoms with Gasteiger partial charge < -0.3 is 15.3 Å². The number of amides is 2. The van der Waals surface area contributed by atoms with Gasteiger partial charge in [0.15, 0.2) is 0 Å². The van der Waals surface area contributed by atoms with Crippen LogP contribution in [0.1, 0.15) is 62.6 Å². The second-order valence-electron chi connectivity index (χ2n) is 12.5. The number of carbonyl (C=O) groups is 2. The number of anilines is 1. The van der Waals surface area contributed by atoms with Crippen LogP contribution < -0.4 is 4.90 Å². The zero-order valence-corrected chi connectivity index (χ0v) is 26.2. The van der Waals surface area contributed by atoms with Gasteiger partial charge in [0.2, 0.25) is 11.8 Å². The largest absolute Gasteiger partial charge is 0.507 e. The number of aromatic hydroxyl groups is 1. The Hall–Kier alpha value is -4.16. The summed E-state index contributed by atoms with van der Waals surface area (Å²) in [6.07, 6.45) is -7.45. The van der Waals surface area contributed by atoms with E-state index >= 15 is 0 Å². The lowest BCUT2D eigenvalue weighted by atomic mass is 9.68. The first-order valence-corrected chi connectivity index (χ1v) is 15.6. The number of aliphatic hydroxyl groups is 2. The molecule has 2 aliphatic rings. The van der Waals surface area contributed by atoms with Gasteiger partial charge in [-0.1, -0.05) is 60.9 Å². The van der Waals surface area contributed by atoms with E-state index in [0.29, 0.717) is 46.4 Å². The van der Waals surface area contributed by atoms with Gasteiger partial charge in [-0.2, -0.15) is 26.3 Å². The topological polar surface area (TPSA) is 98.1 Å². The van der Waals surface area contributed by atoms with Crippen LogP contribution in [0.4, 0.5) is 32.0 Å². The number of fused-ring (bicyclic) bond motifs is 2. The molecule has 12 heteroatoms. The molecule has 0 bridgehead atoms. The van der Waals surface area contributed by atoms with E-state index < -0.39 is 71.4 Å². The Bertz CT molecular complexity index is 1760. The molecule has 48 heavy (non-hydrogen) atoms. The second-order valence-corrected chi connectivity index (χ2v) is 12.5. The molecule has 3 aromatic carbocycles. The lowest BCUT2D eigenvalue weighted by molar-refractivity contribution is -0.143. The second kappa shape index (κ2) is 13.4. The Morgan fingerprint density at radius 2 is 1.56 bits per heavy atom. The molecule has 0 radical (unpaired) electrons. The zero-order chi connectivity index (χ0) is 35.1. The third kappa shape index (κ3) is 6.73. The summed E-state index contributed by atoms with van der Waals surface area (Å²) in [5.74, 6) is -5.33. The van der Waals surface area contributed by atoms with Crippen molar-refractivity contribution in [1.29, 1.82) is 0 Å². The number of carbonyl (C=O) groups excluding carboxylic acids is 2. The Kier molecular flexibility index (Phi) is 9.81. The number of benzene rings is 3. The van der Waals surface area contributed by atoms with Crippen LogP contribution in [0.25, 0.3) is 16.8 Å². The molecular formula is C36H35F6NO5. The monoisotopic (exact) mass is 675 g/mol. The highest BCUT2D eigenvalue weighted by Gasteiger charge is 2.55. The summed E-state index contributed by atoms with van der Waals surface area (Å²) in [6.45, 7) is 2.96. The summed E-state index contributed by atoms with van der Waals surface area (Å²) in [5, 5.41) is 33.7. The molecule has 0 spiro atoms. The maximum absolute atomic E-state index is 13.7. The van der Waals surface area contributed by atoms with E-state index in [0.717, 1.165) is 22.9 Å². The van der Waals surface area contributed by atoms with E-state index in [1.165, 1.54) is 0 Å². The van der Waals surface area contributed by atoms with Crippen molar-refractivity contribution in [2.75, 3.05) is 11.5 Å². The van der Waals surface area contributed by atoms with E-state index in [2.05, 4.69) is 0 Å². The van der Waals surface area contributed by atoms with Gasteiger partial charge in [-0.25, -0.2) is 4.90 Å².